The Hall–Kier alpha value is -5.23. The van der Waals surface area contributed by atoms with Gasteiger partial charge < -0.3 is 14.2 Å². The lowest BCUT2D eigenvalue weighted by molar-refractivity contribution is -0.167. The first-order chi connectivity index (χ1) is 41.0. The average molecular weight is 1140 g/mol. The zero-order chi connectivity index (χ0) is 59.9. The van der Waals surface area contributed by atoms with Crippen molar-refractivity contribution >= 4 is 17.9 Å². The monoisotopic (exact) mass is 1140 g/mol. The van der Waals surface area contributed by atoms with Crippen LogP contribution in [0.1, 0.15) is 278 Å². The molecule has 0 aromatic heterocycles. The van der Waals surface area contributed by atoms with Gasteiger partial charge in [-0.05, 0) is 135 Å². The van der Waals surface area contributed by atoms with Gasteiger partial charge >= 0.3 is 17.9 Å². The maximum absolute atomic E-state index is 12.9. The summed E-state index contributed by atoms with van der Waals surface area (Å²) < 4.78 is 16.9. The van der Waals surface area contributed by atoms with E-state index < -0.39 is 6.10 Å². The smallest absolute Gasteiger partial charge is 0.306 e. The number of carbonyl (C=O) groups is 3. The summed E-state index contributed by atoms with van der Waals surface area (Å²) in [4.78, 5) is 38.3. The first kappa shape index (κ1) is 77.8. The second kappa shape index (κ2) is 69.3. The Morgan fingerprint density at radius 1 is 0.253 bits per heavy atom. The van der Waals surface area contributed by atoms with Crippen molar-refractivity contribution in [3.63, 3.8) is 0 Å². The molecular weight excluding hydrogens is 1020 g/mol. The van der Waals surface area contributed by atoms with Crippen LogP contribution in [0.3, 0.4) is 0 Å². The van der Waals surface area contributed by atoms with E-state index in [1.165, 1.54) is 77.0 Å². The average Bonchev–Trinajstić information content (AvgIpc) is 3.49. The van der Waals surface area contributed by atoms with Crippen molar-refractivity contribution in [2.24, 2.45) is 0 Å². The summed E-state index contributed by atoms with van der Waals surface area (Å²) in [5, 5.41) is 0. The van der Waals surface area contributed by atoms with Crippen LogP contribution in [0.25, 0.3) is 0 Å². The van der Waals surface area contributed by atoms with Crippen molar-refractivity contribution in [1.29, 1.82) is 0 Å². The van der Waals surface area contributed by atoms with E-state index in [1.54, 1.807) is 0 Å². The lowest BCUT2D eigenvalue weighted by Gasteiger charge is -2.18. The molecule has 0 bridgehead atoms. The molecule has 1 atom stereocenters. The molecule has 0 amide bonds. The summed E-state index contributed by atoms with van der Waals surface area (Å²) in [5.41, 5.74) is 0. The maximum atomic E-state index is 12.9. The zero-order valence-electron chi connectivity index (χ0n) is 53.4. The molecule has 466 valence electrons. The van der Waals surface area contributed by atoms with Crippen LogP contribution in [-0.2, 0) is 28.6 Å². The third-order valence-corrected chi connectivity index (χ3v) is 13.7. The Kier molecular flexibility index (Phi) is 64.9. The van der Waals surface area contributed by atoms with Gasteiger partial charge in [-0.1, -0.05) is 294 Å². The number of carbonyl (C=O) groups excluding carboxylic acids is 3. The van der Waals surface area contributed by atoms with E-state index in [2.05, 4.69) is 191 Å². The number of ether oxygens (including phenoxy) is 3. The number of esters is 3. The molecule has 83 heavy (non-hydrogen) atoms. The van der Waals surface area contributed by atoms with Gasteiger partial charge in [-0.2, -0.15) is 0 Å². The lowest BCUT2D eigenvalue weighted by Crippen LogP contribution is -2.30. The molecule has 0 aliphatic carbocycles. The van der Waals surface area contributed by atoms with Crippen LogP contribution in [0.2, 0.25) is 0 Å². The lowest BCUT2D eigenvalue weighted by atomic mass is 10.1. The standard InChI is InChI=1S/C77H122O6/c1-4-7-10-13-16-19-21-23-25-27-29-31-33-35-36-37-38-39-40-42-43-45-47-49-51-53-55-58-61-64-67-70-76(79)82-73-74(72-81-75(78)69-66-63-60-57-18-15-12-9-6-3)83-77(80)71-68-65-62-59-56-54-52-50-48-46-44-41-34-32-30-28-26-24-22-20-17-14-11-8-5-2/h7-8,10-11,16-17,19-20,23-26,29-32,35-36,38-39,41-44,48,50,54,56,74H,4-6,9,12-15,18,21-22,27-28,33-34,37,40,45-47,49,51-53,55,57-73H2,1-3H3/b10-7-,11-8-,19-16-,20-17-,25-23-,26-24-,31-29-,32-30-,36-35-,39-38-,43-42-,44-41-,50-48-,56-54-. The molecule has 0 saturated heterocycles. The number of rotatable bonds is 59. The van der Waals surface area contributed by atoms with E-state index in [1.807, 2.05) is 0 Å². The Morgan fingerprint density at radius 2 is 0.470 bits per heavy atom. The minimum atomic E-state index is -0.806. The SMILES string of the molecule is CC/C=C\C/C=C\C/C=C\C/C=C\C/C=C\C/C=C\C/C=C\CCCCCCCCCCCC(=O)OCC(COC(=O)CCCCCCCCCCC)OC(=O)CCCCC/C=C\C/C=C\C/C=C\C/C=C\C/C=C\C/C=C\C/C=C\CC. The molecule has 0 fully saturated rings. The van der Waals surface area contributed by atoms with E-state index in [9.17, 15) is 14.4 Å². The van der Waals surface area contributed by atoms with Crippen molar-refractivity contribution in [1.82, 2.24) is 0 Å². The normalized spacial score (nSPS) is 13.2. The third-order valence-electron chi connectivity index (χ3n) is 13.7. The number of hydrogen-bond donors (Lipinski definition) is 0. The predicted molar refractivity (Wildman–Crippen MR) is 361 cm³/mol. The van der Waals surface area contributed by atoms with Crippen molar-refractivity contribution in [2.45, 2.75) is 284 Å². The highest BCUT2D eigenvalue weighted by Gasteiger charge is 2.19. The first-order valence-electron chi connectivity index (χ1n) is 33.6. The molecule has 0 radical (unpaired) electrons. The fourth-order valence-electron chi connectivity index (χ4n) is 8.76. The van der Waals surface area contributed by atoms with Gasteiger partial charge in [0.25, 0.3) is 0 Å². The van der Waals surface area contributed by atoms with Crippen LogP contribution in [0.15, 0.2) is 170 Å². The largest absolute Gasteiger partial charge is 0.462 e. The molecule has 0 N–H and O–H groups in total. The Balaban J connectivity index is 4.31. The van der Waals surface area contributed by atoms with E-state index in [-0.39, 0.29) is 37.5 Å². The quantitative estimate of drug-likeness (QED) is 0.0261. The van der Waals surface area contributed by atoms with E-state index in [0.29, 0.717) is 12.8 Å². The van der Waals surface area contributed by atoms with Crippen LogP contribution in [0.5, 0.6) is 0 Å². The fraction of sp³-hybridized carbons (Fsp3) is 0.597. The summed E-state index contributed by atoms with van der Waals surface area (Å²) in [5.74, 6) is -0.944. The molecule has 0 heterocycles. The summed E-state index contributed by atoms with van der Waals surface area (Å²) in [6.07, 6.45) is 102. The van der Waals surface area contributed by atoms with E-state index >= 15 is 0 Å². The number of hydrogen-bond acceptors (Lipinski definition) is 6. The molecule has 0 aromatic carbocycles. The topological polar surface area (TPSA) is 78.9 Å². The van der Waals surface area contributed by atoms with Gasteiger partial charge in [-0.3, -0.25) is 14.4 Å². The molecule has 0 aliphatic rings. The zero-order valence-corrected chi connectivity index (χ0v) is 53.4. The molecular formula is C77H122O6. The Labute approximate surface area is 511 Å². The van der Waals surface area contributed by atoms with Crippen molar-refractivity contribution in [2.75, 3.05) is 13.2 Å². The number of unbranched alkanes of at least 4 members (excludes halogenated alkanes) is 20. The van der Waals surface area contributed by atoms with Crippen molar-refractivity contribution in [3.8, 4) is 0 Å². The van der Waals surface area contributed by atoms with Gasteiger partial charge in [0.2, 0.25) is 0 Å². The molecule has 6 heteroatoms. The minimum Gasteiger partial charge on any atom is -0.462 e. The first-order valence-corrected chi connectivity index (χ1v) is 33.6. The molecule has 0 aliphatic heterocycles. The van der Waals surface area contributed by atoms with E-state index in [0.717, 1.165) is 161 Å². The number of allylic oxidation sites excluding steroid dienone is 28. The summed E-state index contributed by atoms with van der Waals surface area (Å²) in [7, 11) is 0. The minimum absolute atomic E-state index is 0.0986. The molecule has 0 aromatic rings. The summed E-state index contributed by atoms with van der Waals surface area (Å²) >= 11 is 0. The highest BCUT2D eigenvalue weighted by atomic mass is 16.6. The van der Waals surface area contributed by atoms with Crippen molar-refractivity contribution in [3.05, 3.63) is 170 Å². The second-order valence-corrected chi connectivity index (χ2v) is 21.6. The van der Waals surface area contributed by atoms with Gasteiger partial charge in [0, 0.05) is 19.3 Å². The molecule has 0 saturated carbocycles. The van der Waals surface area contributed by atoms with Gasteiger partial charge in [0.05, 0.1) is 0 Å². The van der Waals surface area contributed by atoms with Gasteiger partial charge in [0.1, 0.15) is 13.2 Å². The fourth-order valence-corrected chi connectivity index (χ4v) is 8.76. The molecule has 0 rings (SSSR count). The highest BCUT2D eigenvalue weighted by Crippen LogP contribution is 2.15. The summed E-state index contributed by atoms with van der Waals surface area (Å²) in [6.45, 7) is 6.36. The van der Waals surface area contributed by atoms with Gasteiger partial charge in [-0.15, -0.1) is 0 Å². The second-order valence-electron chi connectivity index (χ2n) is 21.6. The Morgan fingerprint density at radius 3 is 0.747 bits per heavy atom. The van der Waals surface area contributed by atoms with Crippen LogP contribution in [-0.4, -0.2) is 37.2 Å². The maximum Gasteiger partial charge on any atom is 0.306 e. The molecule has 6 nitrogen and oxygen atoms in total. The van der Waals surface area contributed by atoms with Crippen LogP contribution in [0, 0.1) is 0 Å². The highest BCUT2D eigenvalue weighted by molar-refractivity contribution is 5.71. The van der Waals surface area contributed by atoms with Crippen LogP contribution in [0.4, 0.5) is 0 Å². The molecule has 0 spiro atoms. The summed E-state index contributed by atoms with van der Waals surface area (Å²) in [6, 6.07) is 0. The van der Waals surface area contributed by atoms with Gasteiger partial charge in [0.15, 0.2) is 6.10 Å². The van der Waals surface area contributed by atoms with Gasteiger partial charge in [-0.25, -0.2) is 0 Å². The predicted octanol–water partition coefficient (Wildman–Crippen LogP) is 23.4. The van der Waals surface area contributed by atoms with Crippen molar-refractivity contribution < 1.29 is 28.6 Å². The third kappa shape index (κ3) is 67.4. The van der Waals surface area contributed by atoms with E-state index in [4.69, 9.17) is 14.2 Å². The molecule has 1 unspecified atom stereocenters. The van der Waals surface area contributed by atoms with Crippen LogP contribution >= 0.6 is 0 Å². The van der Waals surface area contributed by atoms with Crippen LogP contribution < -0.4 is 0 Å². The Bertz CT molecular complexity index is 1890.